The predicted octanol–water partition coefficient (Wildman–Crippen LogP) is 4.46. The molecule has 8 N–H and O–H groups in total. The van der Waals surface area contributed by atoms with Crippen LogP contribution in [0.1, 0.15) is 129 Å². The molecular weight excluding hydrogens is 909 g/mol. The van der Waals surface area contributed by atoms with E-state index in [1.54, 1.807) is 32.9 Å². The van der Waals surface area contributed by atoms with Gasteiger partial charge in [0.25, 0.3) is 5.91 Å². The van der Waals surface area contributed by atoms with Crippen molar-refractivity contribution in [2.45, 2.75) is 167 Å². The van der Waals surface area contributed by atoms with E-state index in [4.69, 9.17) is 29.3 Å². The minimum Gasteiger partial charge on any atom is -0.444 e. The van der Waals surface area contributed by atoms with E-state index in [0.29, 0.717) is 43.1 Å². The van der Waals surface area contributed by atoms with Gasteiger partial charge in [-0.2, -0.15) is 0 Å². The lowest BCUT2D eigenvalue weighted by Gasteiger charge is -2.64. The van der Waals surface area contributed by atoms with E-state index in [1.165, 1.54) is 12.5 Å². The molecule has 5 aliphatic rings. The highest BCUT2D eigenvalue weighted by Gasteiger charge is 2.68. The number of nitrogens with two attached hydrogens (primary N) is 1. The molecule has 390 valence electrons. The van der Waals surface area contributed by atoms with Crippen LogP contribution in [0.25, 0.3) is 11.1 Å². The van der Waals surface area contributed by atoms with Crippen molar-refractivity contribution in [2.24, 2.45) is 23.0 Å². The maximum Gasteiger partial charge on any atom is 0.497 e. The van der Waals surface area contributed by atoms with Gasteiger partial charge in [0.05, 0.1) is 24.9 Å². The van der Waals surface area contributed by atoms with Gasteiger partial charge in [0.2, 0.25) is 23.6 Å². The average molecular weight is 988 g/mol. The molecule has 5 fully saturated rings. The largest absolute Gasteiger partial charge is 0.497 e. The highest BCUT2D eigenvalue weighted by molar-refractivity contribution is 6.47. The van der Waals surface area contributed by atoms with Gasteiger partial charge in [-0.15, -0.1) is 0 Å². The van der Waals surface area contributed by atoms with Crippen molar-refractivity contribution in [3.63, 3.8) is 0 Å². The molecule has 19 heteroatoms. The minimum atomic E-state index is -1.27. The number of carbonyl (C=O) groups is 6. The molecule has 0 aromatic heterocycles. The lowest BCUT2D eigenvalue weighted by Crippen LogP contribution is -2.65. The number of amides is 6. The molecule has 9 atom stereocenters. The first-order valence-electron chi connectivity index (χ1n) is 25.6. The van der Waals surface area contributed by atoms with Crippen LogP contribution in [0.15, 0.2) is 48.5 Å². The Labute approximate surface area is 419 Å². The first-order chi connectivity index (χ1) is 33.7. The summed E-state index contributed by atoms with van der Waals surface area (Å²) in [5, 5.41) is 16.4. The van der Waals surface area contributed by atoms with Crippen LogP contribution in [0.2, 0.25) is 0 Å². The van der Waals surface area contributed by atoms with Gasteiger partial charge in [-0.25, -0.2) is 4.79 Å². The molecule has 2 bridgehead atoms. The summed E-state index contributed by atoms with van der Waals surface area (Å²) < 4.78 is 29.8. The van der Waals surface area contributed by atoms with Crippen LogP contribution in [-0.4, -0.2) is 123 Å². The van der Waals surface area contributed by atoms with Gasteiger partial charge in [0.15, 0.2) is 0 Å². The smallest absolute Gasteiger partial charge is 0.444 e. The summed E-state index contributed by atoms with van der Waals surface area (Å²) in [4.78, 5) is 81.5. The fourth-order valence-electron chi connectivity index (χ4n) is 10.1. The lowest BCUT2D eigenvalue weighted by atomic mass is 9.43. The lowest BCUT2D eigenvalue weighted by molar-refractivity contribution is -0.199. The molecular formula is C52H78BN7O11. The SMILES string of the molecule is CCCCc1ccc(-c2ccc(C(=O)NC(CCCCNC(=O)OC(C)(C)C)C(=O)NC3COCCCCOCC(C(=O)NC(N)B4OC5CC6CC(C6(C)C)C5(C)O4)NC(=O)C(C)NC3=O)cc2)cc1. The second-order valence-corrected chi connectivity index (χ2v) is 21.4. The van der Waals surface area contributed by atoms with Gasteiger partial charge in [-0.3, -0.25) is 24.0 Å². The van der Waals surface area contributed by atoms with Crippen LogP contribution < -0.4 is 37.6 Å². The summed E-state index contributed by atoms with van der Waals surface area (Å²) >= 11 is 0. The van der Waals surface area contributed by atoms with Crippen LogP contribution in [-0.2, 0) is 49.1 Å². The third kappa shape index (κ3) is 14.8. The van der Waals surface area contributed by atoms with Crippen LogP contribution >= 0.6 is 0 Å². The fourth-order valence-corrected chi connectivity index (χ4v) is 10.1. The third-order valence-corrected chi connectivity index (χ3v) is 14.4. The van der Waals surface area contributed by atoms with Crippen LogP contribution in [0, 0.1) is 17.3 Å². The highest BCUT2D eigenvalue weighted by Crippen LogP contribution is 2.65. The van der Waals surface area contributed by atoms with E-state index >= 15 is 0 Å². The predicted molar refractivity (Wildman–Crippen MR) is 268 cm³/mol. The summed E-state index contributed by atoms with van der Waals surface area (Å²) in [5.74, 6) is -2.34. The van der Waals surface area contributed by atoms with Crippen molar-refractivity contribution in [3.05, 3.63) is 59.7 Å². The van der Waals surface area contributed by atoms with E-state index in [1.807, 2.05) is 12.1 Å². The maximum atomic E-state index is 14.2. The number of rotatable bonds is 16. The quantitative estimate of drug-likeness (QED) is 0.0701. The standard InChI is InChI=1S/C52H78BN7O11/c1-9-10-15-33-17-19-34(20-18-33)35-21-23-36(24-22-35)44(62)57-38(16-11-12-25-55-49(66)69-50(3,4)5)45(63)59-39-30-67-26-13-14-27-68-31-40(58-43(61)32(2)56-46(39)64)47(65)60-48(54)53-70-42-29-37-28-41(51(37,6)7)52(42,8)71-53/h17-24,32,37-42,48H,9-16,25-31,54H2,1-8H3,(H,55,66)(H,56,64)(H,57,62)(H,58,61)(H,59,63)(H,60,65). The summed E-state index contributed by atoms with van der Waals surface area (Å²) in [5.41, 5.74) is 8.94. The van der Waals surface area contributed by atoms with Crippen LogP contribution in [0.3, 0.4) is 0 Å². The molecule has 0 radical (unpaired) electrons. The summed E-state index contributed by atoms with van der Waals surface area (Å²) in [6.07, 6.45) is 6.54. The summed E-state index contributed by atoms with van der Waals surface area (Å²) in [7, 11) is -0.891. The number of ether oxygens (including phenoxy) is 3. The van der Waals surface area contributed by atoms with Gasteiger partial charge in [-0.1, -0.05) is 63.6 Å². The Morgan fingerprint density at radius 3 is 2.18 bits per heavy atom. The number of unbranched alkanes of at least 4 members (excludes halogenated alkanes) is 2. The molecule has 71 heavy (non-hydrogen) atoms. The zero-order chi connectivity index (χ0) is 51.5. The molecule has 2 aromatic rings. The fraction of sp³-hybridized carbons (Fsp3) is 0.654. The molecule has 2 heterocycles. The number of nitrogens with one attached hydrogen (secondary N) is 6. The Morgan fingerprint density at radius 1 is 0.873 bits per heavy atom. The van der Waals surface area contributed by atoms with E-state index in [0.717, 1.165) is 43.2 Å². The molecule has 0 spiro atoms. The van der Waals surface area contributed by atoms with E-state index in [2.05, 4.69) is 83.9 Å². The molecule has 3 aliphatic carbocycles. The van der Waals surface area contributed by atoms with Crippen molar-refractivity contribution in [2.75, 3.05) is 33.0 Å². The molecule has 2 aliphatic heterocycles. The van der Waals surface area contributed by atoms with Gasteiger partial charge in [0.1, 0.15) is 35.8 Å². The monoisotopic (exact) mass is 988 g/mol. The molecule has 2 saturated heterocycles. The van der Waals surface area contributed by atoms with Crippen LogP contribution in [0.5, 0.6) is 0 Å². The number of alkyl carbamates (subject to hydrolysis) is 1. The third-order valence-electron chi connectivity index (χ3n) is 14.4. The Hall–Kier alpha value is -5.08. The van der Waals surface area contributed by atoms with Crippen LogP contribution in [0.4, 0.5) is 4.79 Å². The number of hydrogen-bond donors (Lipinski definition) is 7. The summed E-state index contributed by atoms with van der Waals surface area (Å²) in [6.45, 7) is 15.8. The minimum absolute atomic E-state index is 0.119. The van der Waals surface area contributed by atoms with E-state index < -0.39 is 84.2 Å². The topological polar surface area (TPSA) is 247 Å². The van der Waals surface area contributed by atoms with Gasteiger partial charge >= 0.3 is 13.2 Å². The van der Waals surface area contributed by atoms with Crippen molar-refractivity contribution in [1.29, 1.82) is 0 Å². The molecule has 3 saturated carbocycles. The van der Waals surface area contributed by atoms with Gasteiger partial charge in [-0.05, 0) is 138 Å². The van der Waals surface area contributed by atoms with Crippen molar-refractivity contribution < 1.29 is 52.3 Å². The first kappa shape index (κ1) is 55.2. The highest BCUT2D eigenvalue weighted by atomic mass is 16.7. The van der Waals surface area contributed by atoms with E-state index in [-0.39, 0.29) is 50.9 Å². The Bertz CT molecular complexity index is 2160. The van der Waals surface area contributed by atoms with Gasteiger partial charge < -0.3 is 61.2 Å². The first-order valence-corrected chi connectivity index (χ1v) is 25.6. The Balaban J connectivity index is 1.08. The average Bonchev–Trinajstić information content (AvgIpc) is 3.69. The zero-order valence-corrected chi connectivity index (χ0v) is 43.0. The van der Waals surface area contributed by atoms with Gasteiger partial charge in [0, 0.05) is 25.3 Å². The second-order valence-electron chi connectivity index (χ2n) is 21.4. The number of carbonyl (C=O) groups excluding carboxylic acids is 6. The molecule has 6 amide bonds. The summed E-state index contributed by atoms with van der Waals surface area (Å²) in [6, 6.07) is 9.69. The normalized spacial score (nSPS) is 26.6. The number of hydrogen-bond acceptors (Lipinski definition) is 12. The Kier molecular flexibility index (Phi) is 19.1. The second kappa shape index (κ2) is 24.6. The number of benzene rings is 2. The van der Waals surface area contributed by atoms with Crippen molar-refractivity contribution in [3.8, 4) is 11.1 Å². The maximum absolute atomic E-state index is 14.2. The van der Waals surface area contributed by atoms with Crippen molar-refractivity contribution in [1.82, 2.24) is 31.9 Å². The number of aryl methyl sites for hydroxylation is 1. The zero-order valence-electron chi connectivity index (χ0n) is 43.0. The molecule has 18 nitrogen and oxygen atoms in total. The molecule has 2 aromatic carbocycles. The van der Waals surface area contributed by atoms with Crippen molar-refractivity contribution >= 4 is 42.7 Å². The molecule has 7 rings (SSSR count). The Morgan fingerprint density at radius 2 is 1.54 bits per heavy atom. The molecule has 9 unspecified atom stereocenters. The van der Waals surface area contributed by atoms with E-state index in [9.17, 15) is 28.8 Å².